The van der Waals surface area contributed by atoms with Gasteiger partial charge in [0.15, 0.2) is 0 Å². The van der Waals surface area contributed by atoms with E-state index in [4.69, 9.17) is 5.73 Å². The molecule has 0 aliphatic heterocycles. The molecule has 0 bridgehead atoms. The van der Waals surface area contributed by atoms with Gasteiger partial charge >= 0.3 is 0 Å². The van der Waals surface area contributed by atoms with Crippen LogP contribution in [0.5, 0.6) is 0 Å². The second-order valence-corrected chi connectivity index (χ2v) is 6.54. The Labute approximate surface area is 158 Å². The normalized spacial score (nSPS) is 13.4. The van der Waals surface area contributed by atoms with Crippen LogP contribution in [0.1, 0.15) is 24.0 Å². The minimum atomic E-state index is -3.11. The number of rotatable bonds is 9. The molecule has 0 unspecified atom stereocenters. The zero-order chi connectivity index (χ0) is 19.7. The SMILES string of the molecule is N#C[C@H](CCc1ccccc1)NC(=O)[C@@H](N)CC(F)(F)Cc1ccccc1. The Bertz CT molecular complexity index is 760. The largest absolute Gasteiger partial charge is 0.339 e. The first-order valence-corrected chi connectivity index (χ1v) is 8.81. The first kappa shape index (κ1) is 20.5. The van der Waals surface area contributed by atoms with Gasteiger partial charge < -0.3 is 11.1 Å². The molecule has 142 valence electrons. The highest BCUT2D eigenvalue weighted by Gasteiger charge is 2.34. The molecular formula is C21H23F2N3O. The highest BCUT2D eigenvalue weighted by atomic mass is 19.3. The highest BCUT2D eigenvalue weighted by Crippen LogP contribution is 2.25. The van der Waals surface area contributed by atoms with Crippen LogP contribution in [0.4, 0.5) is 8.78 Å². The maximum atomic E-state index is 14.2. The number of nitrogens with zero attached hydrogens (tertiary/aromatic N) is 1. The molecule has 0 saturated carbocycles. The summed E-state index contributed by atoms with van der Waals surface area (Å²) in [4.78, 5) is 12.1. The monoisotopic (exact) mass is 371 g/mol. The first-order valence-electron chi connectivity index (χ1n) is 8.81. The number of nitrogens with two attached hydrogens (primary N) is 1. The number of amides is 1. The van der Waals surface area contributed by atoms with E-state index in [0.717, 1.165) is 5.56 Å². The lowest BCUT2D eigenvalue weighted by Gasteiger charge is -2.21. The fourth-order valence-corrected chi connectivity index (χ4v) is 2.78. The number of nitrogens with one attached hydrogen (secondary N) is 1. The molecule has 0 fully saturated rings. The van der Waals surface area contributed by atoms with Crippen molar-refractivity contribution in [1.82, 2.24) is 5.32 Å². The molecule has 0 aliphatic carbocycles. The number of nitriles is 1. The van der Waals surface area contributed by atoms with Gasteiger partial charge in [0.25, 0.3) is 5.92 Å². The van der Waals surface area contributed by atoms with Crippen molar-refractivity contribution in [2.24, 2.45) is 5.73 Å². The minimum Gasteiger partial charge on any atom is -0.339 e. The average Bonchev–Trinajstić information content (AvgIpc) is 2.65. The van der Waals surface area contributed by atoms with Gasteiger partial charge in [-0.1, -0.05) is 60.7 Å². The first-order chi connectivity index (χ1) is 12.9. The van der Waals surface area contributed by atoms with Crippen molar-refractivity contribution in [1.29, 1.82) is 5.26 Å². The Hall–Kier alpha value is -2.78. The summed E-state index contributed by atoms with van der Waals surface area (Å²) in [6.07, 6.45) is -0.271. The second kappa shape index (κ2) is 9.79. The summed E-state index contributed by atoms with van der Waals surface area (Å²) in [6, 6.07) is 17.7. The zero-order valence-electron chi connectivity index (χ0n) is 14.9. The summed E-state index contributed by atoms with van der Waals surface area (Å²) < 4.78 is 28.4. The molecule has 0 aromatic heterocycles. The molecule has 0 saturated heterocycles. The summed E-state index contributed by atoms with van der Waals surface area (Å²) in [7, 11) is 0. The Morgan fingerprint density at radius 3 is 2.19 bits per heavy atom. The molecule has 0 heterocycles. The Morgan fingerprint density at radius 2 is 1.63 bits per heavy atom. The fourth-order valence-electron chi connectivity index (χ4n) is 2.78. The lowest BCUT2D eigenvalue weighted by molar-refractivity contribution is -0.125. The van der Waals surface area contributed by atoms with Gasteiger partial charge in [0.05, 0.1) is 12.1 Å². The molecule has 2 rings (SSSR count). The fraction of sp³-hybridized carbons (Fsp3) is 0.333. The summed E-state index contributed by atoms with van der Waals surface area (Å²) in [6.45, 7) is 0. The molecule has 1 amide bonds. The summed E-state index contributed by atoms with van der Waals surface area (Å²) >= 11 is 0. The van der Waals surface area contributed by atoms with E-state index >= 15 is 0 Å². The standard InChI is InChI=1S/C21H23F2N3O/c22-21(23,13-17-9-5-2-6-10-17)14-19(25)20(27)26-18(15-24)12-11-16-7-3-1-4-8-16/h1-10,18-19H,11-14,25H2,(H,26,27)/t18-,19-/m0/s1. The maximum Gasteiger partial charge on any atom is 0.254 e. The molecule has 3 N–H and O–H groups in total. The highest BCUT2D eigenvalue weighted by molar-refractivity contribution is 5.82. The topological polar surface area (TPSA) is 78.9 Å². The van der Waals surface area contributed by atoms with E-state index in [2.05, 4.69) is 5.32 Å². The molecule has 2 atom stereocenters. The number of hydrogen-bond acceptors (Lipinski definition) is 3. The van der Waals surface area contributed by atoms with Gasteiger partial charge in [-0.2, -0.15) is 5.26 Å². The number of halogens is 2. The third kappa shape index (κ3) is 7.16. The van der Waals surface area contributed by atoms with Crippen LogP contribution in [0.3, 0.4) is 0 Å². The number of aryl methyl sites for hydroxylation is 1. The Morgan fingerprint density at radius 1 is 1.07 bits per heavy atom. The second-order valence-electron chi connectivity index (χ2n) is 6.54. The van der Waals surface area contributed by atoms with E-state index in [0.29, 0.717) is 18.4 Å². The van der Waals surface area contributed by atoms with Gasteiger partial charge in [-0.25, -0.2) is 8.78 Å². The van der Waals surface area contributed by atoms with Crippen molar-refractivity contribution in [3.8, 4) is 6.07 Å². The Balaban J connectivity index is 1.84. The van der Waals surface area contributed by atoms with Crippen LogP contribution >= 0.6 is 0 Å². The molecule has 0 aliphatic rings. The lowest BCUT2D eigenvalue weighted by atomic mass is 10.00. The lowest BCUT2D eigenvalue weighted by Crippen LogP contribution is -2.47. The van der Waals surface area contributed by atoms with Crippen molar-refractivity contribution < 1.29 is 13.6 Å². The molecule has 2 aromatic rings. The van der Waals surface area contributed by atoms with E-state index < -0.39 is 36.8 Å². The number of carbonyl (C=O) groups is 1. The smallest absolute Gasteiger partial charge is 0.254 e. The van der Waals surface area contributed by atoms with Crippen LogP contribution in [0, 0.1) is 11.3 Å². The number of hydrogen-bond donors (Lipinski definition) is 2. The predicted octanol–water partition coefficient (Wildman–Crippen LogP) is 3.22. The van der Waals surface area contributed by atoms with Gasteiger partial charge in [-0.05, 0) is 24.0 Å². The molecule has 4 nitrogen and oxygen atoms in total. The van der Waals surface area contributed by atoms with Gasteiger partial charge in [0.1, 0.15) is 6.04 Å². The Kier molecular flexibility index (Phi) is 7.44. The molecule has 0 spiro atoms. The molecule has 27 heavy (non-hydrogen) atoms. The van der Waals surface area contributed by atoms with Crippen molar-refractivity contribution >= 4 is 5.91 Å². The van der Waals surface area contributed by atoms with Crippen LogP contribution in [-0.4, -0.2) is 23.9 Å². The van der Waals surface area contributed by atoms with Crippen molar-refractivity contribution in [3.63, 3.8) is 0 Å². The maximum absolute atomic E-state index is 14.2. The van der Waals surface area contributed by atoms with E-state index in [1.54, 1.807) is 30.3 Å². The summed E-state index contributed by atoms with van der Waals surface area (Å²) in [5.41, 5.74) is 7.18. The summed E-state index contributed by atoms with van der Waals surface area (Å²) in [5, 5.41) is 11.7. The molecular weight excluding hydrogens is 348 g/mol. The summed E-state index contributed by atoms with van der Waals surface area (Å²) in [5.74, 6) is -3.84. The number of carbonyl (C=O) groups excluding carboxylic acids is 1. The molecule has 6 heteroatoms. The van der Waals surface area contributed by atoms with Crippen LogP contribution < -0.4 is 11.1 Å². The quantitative estimate of drug-likeness (QED) is 0.710. The third-order valence-corrected chi connectivity index (χ3v) is 4.20. The molecule has 0 radical (unpaired) electrons. The average molecular weight is 371 g/mol. The van der Waals surface area contributed by atoms with Gasteiger partial charge in [-0.15, -0.1) is 0 Å². The van der Waals surface area contributed by atoms with E-state index in [9.17, 15) is 18.8 Å². The number of benzene rings is 2. The number of alkyl halides is 2. The minimum absolute atomic E-state index is 0.388. The van der Waals surface area contributed by atoms with Crippen LogP contribution in [-0.2, 0) is 17.6 Å². The van der Waals surface area contributed by atoms with Gasteiger partial charge in [0, 0.05) is 12.8 Å². The van der Waals surface area contributed by atoms with E-state index in [-0.39, 0.29) is 0 Å². The van der Waals surface area contributed by atoms with Crippen molar-refractivity contribution in [2.45, 2.75) is 43.7 Å². The molecule has 2 aromatic carbocycles. The zero-order valence-corrected chi connectivity index (χ0v) is 14.9. The van der Waals surface area contributed by atoms with E-state index in [1.165, 1.54) is 0 Å². The predicted molar refractivity (Wildman–Crippen MR) is 100.0 cm³/mol. The van der Waals surface area contributed by atoms with Gasteiger partial charge in [0.2, 0.25) is 5.91 Å². The van der Waals surface area contributed by atoms with Crippen molar-refractivity contribution in [3.05, 3.63) is 71.8 Å². The van der Waals surface area contributed by atoms with Crippen molar-refractivity contribution in [2.75, 3.05) is 0 Å². The van der Waals surface area contributed by atoms with E-state index in [1.807, 2.05) is 36.4 Å². The van der Waals surface area contributed by atoms with Gasteiger partial charge in [-0.3, -0.25) is 4.79 Å². The van der Waals surface area contributed by atoms with Crippen LogP contribution in [0.15, 0.2) is 60.7 Å². The van der Waals surface area contributed by atoms with Crippen LogP contribution in [0.2, 0.25) is 0 Å². The third-order valence-electron chi connectivity index (χ3n) is 4.20. The van der Waals surface area contributed by atoms with Crippen LogP contribution in [0.25, 0.3) is 0 Å².